The van der Waals surface area contributed by atoms with Crippen LogP contribution in [0, 0.1) is 5.92 Å². The highest BCUT2D eigenvalue weighted by Crippen LogP contribution is 2.22. The molecule has 4 heteroatoms. The SMILES string of the molecule is CCc1nn(C)c(CNC(C)C(CC)CC)c1Br. The molecule has 18 heavy (non-hydrogen) atoms. The minimum Gasteiger partial charge on any atom is -0.308 e. The fourth-order valence-electron chi connectivity index (χ4n) is 2.43. The summed E-state index contributed by atoms with van der Waals surface area (Å²) in [5.74, 6) is 0.752. The van der Waals surface area contributed by atoms with Crippen LogP contribution in [0.3, 0.4) is 0 Å². The molecule has 0 saturated heterocycles. The Morgan fingerprint density at radius 1 is 1.28 bits per heavy atom. The lowest BCUT2D eigenvalue weighted by atomic mass is 9.95. The molecule has 1 aromatic heterocycles. The minimum atomic E-state index is 0.548. The highest BCUT2D eigenvalue weighted by atomic mass is 79.9. The van der Waals surface area contributed by atoms with Gasteiger partial charge in [-0.3, -0.25) is 4.68 Å². The van der Waals surface area contributed by atoms with Crippen molar-refractivity contribution in [3.8, 4) is 0 Å². The Bertz CT molecular complexity index is 369. The van der Waals surface area contributed by atoms with Gasteiger partial charge in [0.2, 0.25) is 0 Å². The third-order valence-corrected chi connectivity index (χ3v) is 4.77. The number of hydrogen-bond donors (Lipinski definition) is 1. The number of rotatable bonds is 7. The molecule has 1 atom stereocenters. The molecule has 0 aliphatic rings. The van der Waals surface area contributed by atoms with Crippen LogP contribution in [0.1, 0.15) is 51.9 Å². The van der Waals surface area contributed by atoms with E-state index in [1.54, 1.807) is 0 Å². The van der Waals surface area contributed by atoms with Gasteiger partial charge in [0.1, 0.15) is 0 Å². The van der Waals surface area contributed by atoms with E-state index in [-0.39, 0.29) is 0 Å². The number of nitrogens with zero attached hydrogens (tertiary/aromatic N) is 2. The molecular formula is C14H26BrN3. The van der Waals surface area contributed by atoms with Crippen LogP contribution in [-0.2, 0) is 20.0 Å². The summed E-state index contributed by atoms with van der Waals surface area (Å²) in [6, 6.07) is 0.548. The summed E-state index contributed by atoms with van der Waals surface area (Å²) in [5, 5.41) is 8.15. The molecule has 1 N–H and O–H groups in total. The zero-order chi connectivity index (χ0) is 13.7. The average Bonchev–Trinajstić information content (AvgIpc) is 2.63. The van der Waals surface area contributed by atoms with Crippen LogP contribution < -0.4 is 5.32 Å². The van der Waals surface area contributed by atoms with Crippen LogP contribution in [0.5, 0.6) is 0 Å². The van der Waals surface area contributed by atoms with Crippen molar-refractivity contribution in [2.24, 2.45) is 13.0 Å². The van der Waals surface area contributed by atoms with Crippen molar-refractivity contribution in [2.75, 3.05) is 0 Å². The summed E-state index contributed by atoms with van der Waals surface area (Å²) in [6.07, 6.45) is 3.44. The normalized spacial score (nSPS) is 13.3. The van der Waals surface area contributed by atoms with E-state index in [1.807, 2.05) is 11.7 Å². The molecule has 0 fully saturated rings. The summed E-state index contributed by atoms with van der Waals surface area (Å²) in [4.78, 5) is 0. The summed E-state index contributed by atoms with van der Waals surface area (Å²) < 4.78 is 3.15. The number of aryl methyl sites for hydroxylation is 2. The standard InChI is InChI=1S/C14H26BrN3/c1-6-11(7-2)10(4)16-9-13-14(15)12(8-3)17-18(13)5/h10-11,16H,6-9H2,1-5H3. The smallest absolute Gasteiger partial charge is 0.0767 e. The lowest BCUT2D eigenvalue weighted by Gasteiger charge is -2.22. The van der Waals surface area contributed by atoms with Crippen molar-refractivity contribution in [3.63, 3.8) is 0 Å². The van der Waals surface area contributed by atoms with E-state index in [0.717, 1.165) is 29.1 Å². The largest absolute Gasteiger partial charge is 0.308 e. The van der Waals surface area contributed by atoms with Gasteiger partial charge in [0.05, 0.1) is 15.9 Å². The molecule has 1 rings (SSSR count). The predicted molar refractivity (Wildman–Crippen MR) is 80.7 cm³/mol. The molecule has 0 aromatic carbocycles. The van der Waals surface area contributed by atoms with E-state index in [9.17, 15) is 0 Å². The van der Waals surface area contributed by atoms with Crippen LogP contribution in [0.25, 0.3) is 0 Å². The quantitative estimate of drug-likeness (QED) is 0.832. The summed E-state index contributed by atoms with van der Waals surface area (Å²) in [5.41, 5.74) is 2.38. The summed E-state index contributed by atoms with van der Waals surface area (Å²) in [7, 11) is 2.02. The van der Waals surface area contributed by atoms with Crippen molar-refractivity contribution in [3.05, 3.63) is 15.9 Å². The molecule has 104 valence electrons. The van der Waals surface area contributed by atoms with Crippen molar-refractivity contribution in [1.82, 2.24) is 15.1 Å². The second-order valence-corrected chi connectivity index (χ2v) is 5.72. The molecule has 0 aliphatic carbocycles. The molecule has 0 saturated carbocycles. The fraction of sp³-hybridized carbons (Fsp3) is 0.786. The molecule has 0 radical (unpaired) electrons. The van der Waals surface area contributed by atoms with Crippen LogP contribution in [-0.4, -0.2) is 15.8 Å². The van der Waals surface area contributed by atoms with E-state index in [1.165, 1.54) is 18.5 Å². The van der Waals surface area contributed by atoms with Crippen molar-refractivity contribution in [1.29, 1.82) is 0 Å². The van der Waals surface area contributed by atoms with Crippen molar-refractivity contribution < 1.29 is 0 Å². The van der Waals surface area contributed by atoms with E-state index >= 15 is 0 Å². The third-order valence-electron chi connectivity index (χ3n) is 3.85. The fourth-order valence-corrected chi connectivity index (χ4v) is 3.19. The third kappa shape index (κ3) is 3.58. The second kappa shape index (κ2) is 7.29. The molecule has 0 spiro atoms. The van der Waals surface area contributed by atoms with Gasteiger partial charge in [-0.05, 0) is 35.2 Å². The number of hydrogen-bond acceptors (Lipinski definition) is 2. The van der Waals surface area contributed by atoms with Gasteiger partial charge in [-0.1, -0.05) is 33.6 Å². The summed E-state index contributed by atoms with van der Waals surface area (Å²) in [6.45, 7) is 9.82. The Morgan fingerprint density at radius 3 is 2.33 bits per heavy atom. The first-order valence-corrected chi connectivity index (χ1v) is 7.77. The van der Waals surface area contributed by atoms with Gasteiger partial charge < -0.3 is 5.32 Å². The molecule has 1 unspecified atom stereocenters. The van der Waals surface area contributed by atoms with Crippen molar-refractivity contribution in [2.45, 2.75) is 59.5 Å². The Morgan fingerprint density at radius 2 is 1.89 bits per heavy atom. The molecule has 0 aliphatic heterocycles. The first-order chi connectivity index (χ1) is 8.54. The van der Waals surface area contributed by atoms with Crippen LogP contribution in [0.4, 0.5) is 0 Å². The molecule has 0 bridgehead atoms. The van der Waals surface area contributed by atoms with Gasteiger partial charge in [0.25, 0.3) is 0 Å². The van der Waals surface area contributed by atoms with Gasteiger partial charge in [0.15, 0.2) is 0 Å². The van der Waals surface area contributed by atoms with Crippen LogP contribution >= 0.6 is 15.9 Å². The van der Waals surface area contributed by atoms with Gasteiger partial charge in [-0.25, -0.2) is 0 Å². The Balaban J connectivity index is 2.66. The number of halogens is 1. The van der Waals surface area contributed by atoms with E-state index in [4.69, 9.17) is 0 Å². The Hall–Kier alpha value is -0.350. The monoisotopic (exact) mass is 315 g/mol. The lowest BCUT2D eigenvalue weighted by molar-refractivity contribution is 0.349. The zero-order valence-corrected chi connectivity index (χ0v) is 13.8. The Kier molecular flexibility index (Phi) is 6.36. The molecule has 1 aromatic rings. The molecule has 1 heterocycles. The van der Waals surface area contributed by atoms with Crippen molar-refractivity contribution >= 4 is 15.9 Å². The Labute approximate surface area is 119 Å². The van der Waals surface area contributed by atoms with Gasteiger partial charge in [0, 0.05) is 19.6 Å². The molecule has 3 nitrogen and oxygen atoms in total. The maximum absolute atomic E-state index is 4.52. The topological polar surface area (TPSA) is 29.9 Å². The van der Waals surface area contributed by atoms with E-state index in [0.29, 0.717) is 6.04 Å². The second-order valence-electron chi connectivity index (χ2n) is 4.93. The van der Waals surface area contributed by atoms with Gasteiger partial charge >= 0.3 is 0 Å². The first-order valence-electron chi connectivity index (χ1n) is 6.98. The maximum Gasteiger partial charge on any atom is 0.0767 e. The van der Waals surface area contributed by atoms with Crippen LogP contribution in [0.2, 0.25) is 0 Å². The maximum atomic E-state index is 4.52. The van der Waals surface area contributed by atoms with Gasteiger partial charge in [-0.15, -0.1) is 0 Å². The molecule has 0 amide bonds. The molecular weight excluding hydrogens is 290 g/mol. The number of aromatic nitrogens is 2. The predicted octanol–water partition coefficient (Wildman–Crippen LogP) is 3.66. The van der Waals surface area contributed by atoms with E-state index in [2.05, 4.69) is 54.0 Å². The highest BCUT2D eigenvalue weighted by Gasteiger charge is 2.16. The minimum absolute atomic E-state index is 0.548. The van der Waals surface area contributed by atoms with E-state index < -0.39 is 0 Å². The first kappa shape index (κ1) is 15.7. The highest BCUT2D eigenvalue weighted by molar-refractivity contribution is 9.10. The zero-order valence-electron chi connectivity index (χ0n) is 12.3. The summed E-state index contributed by atoms with van der Waals surface area (Å²) >= 11 is 3.66. The average molecular weight is 316 g/mol. The van der Waals surface area contributed by atoms with Gasteiger partial charge in [-0.2, -0.15) is 5.10 Å². The number of nitrogens with one attached hydrogen (secondary N) is 1. The van der Waals surface area contributed by atoms with Crippen LogP contribution in [0.15, 0.2) is 4.47 Å². The lowest BCUT2D eigenvalue weighted by Crippen LogP contribution is -2.33.